The maximum Gasteiger partial charge on any atom is 0.267 e. The molecule has 0 aliphatic rings. The second-order valence-electron chi connectivity index (χ2n) is 5.57. The molecule has 152 valence electrons. The summed E-state index contributed by atoms with van der Waals surface area (Å²) in [6.45, 7) is 3.65. The van der Waals surface area contributed by atoms with Crippen LogP contribution in [0.15, 0.2) is 64.8 Å². The number of H-pyrrole nitrogens is 1. The van der Waals surface area contributed by atoms with Crippen LogP contribution in [0.25, 0.3) is 17.0 Å². The number of halogens is 1. The van der Waals surface area contributed by atoms with E-state index in [0.717, 1.165) is 17.4 Å². The molecular formula is C19H16ClNO6S2. The van der Waals surface area contributed by atoms with Crippen molar-refractivity contribution in [1.82, 2.24) is 4.98 Å². The van der Waals surface area contributed by atoms with E-state index < -0.39 is 30.6 Å². The van der Waals surface area contributed by atoms with Gasteiger partial charge in [0.05, 0.1) is 7.11 Å². The molecule has 1 heterocycles. The van der Waals surface area contributed by atoms with Crippen LogP contribution in [0.5, 0.6) is 5.75 Å². The number of benzene rings is 2. The lowest BCUT2D eigenvalue weighted by Gasteiger charge is -2.01. The number of rotatable bonds is 4. The monoisotopic (exact) mass is 453 g/mol. The number of sulfone groups is 1. The molecule has 0 radical (unpaired) electrons. The van der Waals surface area contributed by atoms with E-state index in [1.165, 1.54) is 18.2 Å². The molecule has 1 aromatic heterocycles. The Morgan fingerprint density at radius 1 is 1.10 bits per heavy atom. The third-order valence-corrected chi connectivity index (χ3v) is 6.43. The average molecular weight is 454 g/mol. The first-order chi connectivity index (χ1) is 13.7. The first-order valence-corrected chi connectivity index (χ1v) is 11.0. The molecule has 0 spiro atoms. The van der Waals surface area contributed by atoms with Crippen LogP contribution in [0.3, 0.4) is 0 Å². The van der Waals surface area contributed by atoms with Gasteiger partial charge in [0, 0.05) is 10.5 Å². The molecule has 2 aromatic carbocycles. The maximum atomic E-state index is 11.7. The van der Waals surface area contributed by atoms with Gasteiger partial charge in [-0.15, -0.1) is 0 Å². The van der Waals surface area contributed by atoms with E-state index in [9.17, 15) is 21.6 Å². The zero-order chi connectivity index (χ0) is 21.6. The molecule has 3 rings (SSSR count). The van der Waals surface area contributed by atoms with Crippen molar-refractivity contribution >= 4 is 53.4 Å². The summed E-state index contributed by atoms with van der Waals surface area (Å²) in [5.74, 6) is 0.880. The van der Waals surface area contributed by atoms with E-state index in [4.69, 9.17) is 16.3 Å². The molecule has 1 N–H and O–H groups in total. The largest absolute Gasteiger partial charge is 0.497 e. The van der Waals surface area contributed by atoms with Crippen LogP contribution in [-0.2, 0) is 20.1 Å². The molecule has 0 aliphatic carbocycles. The fourth-order valence-corrected chi connectivity index (χ4v) is 4.27. The summed E-state index contributed by atoms with van der Waals surface area (Å²) in [6, 6.07) is 13.4. The highest BCUT2D eigenvalue weighted by molar-refractivity contribution is 8.13. The summed E-state index contributed by atoms with van der Waals surface area (Å²) >= 11 is 5.74. The van der Waals surface area contributed by atoms with E-state index in [2.05, 4.69) is 11.6 Å². The zero-order valence-electron chi connectivity index (χ0n) is 15.1. The number of fused-ring (bicyclic) bond motifs is 1. The Kier molecular flexibility index (Phi) is 7.38. The van der Waals surface area contributed by atoms with Crippen LogP contribution in [0, 0.1) is 0 Å². The third-order valence-electron chi connectivity index (χ3n) is 3.64. The molecule has 0 atom stereocenters. The number of aromatic nitrogens is 1. The lowest BCUT2D eigenvalue weighted by atomic mass is 10.2. The van der Waals surface area contributed by atoms with E-state index >= 15 is 0 Å². The van der Waals surface area contributed by atoms with Gasteiger partial charge in [0.2, 0.25) is 20.1 Å². The number of pyridine rings is 1. The fourth-order valence-electron chi connectivity index (χ4n) is 2.26. The predicted octanol–water partition coefficient (Wildman–Crippen LogP) is 2.93. The first kappa shape index (κ1) is 22.4. The molecule has 3 aromatic rings. The van der Waals surface area contributed by atoms with E-state index in [-0.39, 0.29) is 4.70 Å². The lowest BCUT2D eigenvalue weighted by Crippen LogP contribution is -2.18. The van der Waals surface area contributed by atoms with Gasteiger partial charge in [-0.2, -0.15) is 8.42 Å². The highest BCUT2D eigenvalue weighted by Gasteiger charge is 2.17. The number of ether oxygens (including phenoxy) is 1. The summed E-state index contributed by atoms with van der Waals surface area (Å²) in [4.78, 5) is 13.4. The SMILES string of the molecule is C=Cc1ccc(OC)cc1.O=c1[nH]c2cc(Cl)ccc2cc1S(=O)(=O)C=S(=O)=O. The van der Waals surface area contributed by atoms with Gasteiger partial charge in [0.15, 0.2) is 4.70 Å². The van der Waals surface area contributed by atoms with Gasteiger partial charge >= 0.3 is 0 Å². The van der Waals surface area contributed by atoms with Crippen molar-refractivity contribution < 1.29 is 21.6 Å². The van der Waals surface area contributed by atoms with Gasteiger partial charge in [-0.1, -0.05) is 42.5 Å². The number of hydrogen-bond acceptors (Lipinski definition) is 6. The Bertz CT molecular complexity index is 1330. The smallest absolute Gasteiger partial charge is 0.267 e. The van der Waals surface area contributed by atoms with Gasteiger partial charge in [-0.3, -0.25) is 4.79 Å². The molecule has 29 heavy (non-hydrogen) atoms. The maximum absolute atomic E-state index is 11.7. The highest BCUT2D eigenvalue weighted by Crippen LogP contribution is 2.18. The summed E-state index contributed by atoms with van der Waals surface area (Å²) in [5, 5.41) is 0.804. The van der Waals surface area contributed by atoms with Crippen LogP contribution in [0.2, 0.25) is 5.02 Å². The van der Waals surface area contributed by atoms with Crippen molar-refractivity contribution in [2.75, 3.05) is 7.11 Å². The molecular weight excluding hydrogens is 438 g/mol. The summed E-state index contributed by atoms with van der Waals surface area (Å²) in [5.41, 5.74) is 0.567. The Labute approximate surface area is 173 Å². The molecule has 0 fully saturated rings. The van der Waals surface area contributed by atoms with Gasteiger partial charge < -0.3 is 9.72 Å². The van der Waals surface area contributed by atoms with Gasteiger partial charge in [0.1, 0.15) is 10.6 Å². The van der Waals surface area contributed by atoms with Crippen LogP contribution < -0.4 is 10.3 Å². The topological polar surface area (TPSA) is 110 Å². The molecule has 0 aliphatic heterocycles. The normalized spacial score (nSPS) is 10.6. The van der Waals surface area contributed by atoms with Crippen molar-refractivity contribution in [3.05, 3.63) is 76.0 Å². The van der Waals surface area contributed by atoms with Crippen LogP contribution in [0.4, 0.5) is 0 Å². The zero-order valence-corrected chi connectivity index (χ0v) is 17.5. The Morgan fingerprint density at radius 3 is 2.31 bits per heavy atom. The van der Waals surface area contributed by atoms with Gasteiger partial charge in [-0.05, 0) is 41.3 Å². The highest BCUT2D eigenvalue weighted by atomic mass is 35.5. The molecule has 0 bridgehead atoms. The van der Waals surface area contributed by atoms with E-state index in [0.29, 0.717) is 15.9 Å². The van der Waals surface area contributed by atoms with Crippen molar-refractivity contribution in [3.8, 4) is 5.75 Å². The van der Waals surface area contributed by atoms with E-state index in [1.54, 1.807) is 13.2 Å². The standard InChI is InChI=1S/C10H6ClNO5S2.C9H10O/c11-7-2-1-6-3-9(10(13)12-8(6)4-7)19(16,17)5-18(14)15;1-3-8-4-6-9(10-2)7-5-8/h1-5H,(H,12,13);3-7H,1H2,2H3. The first-order valence-electron chi connectivity index (χ1n) is 7.93. The Hall–Kier alpha value is -2.88. The second-order valence-corrected chi connectivity index (χ2v) is 8.83. The van der Waals surface area contributed by atoms with Crippen molar-refractivity contribution in [3.63, 3.8) is 0 Å². The number of nitrogens with one attached hydrogen (secondary N) is 1. The molecule has 0 unspecified atom stereocenters. The average Bonchev–Trinajstić information content (AvgIpc) is 2.66. The number of methoxy groups -OCH3 is 1. The minimum atomic E-state index is -4.31. The molecule has 0 saturated carbocycles. The third kappa shape index (κ3) is 6.05. The second kappa shape index (κ2) is 9.55. The molecule has 0 amide bonds. The van der Waals surface area contributed by atoms with Crippen LogP contribution in [0.1, 0.15) is 5.56 Å². The fraction of sp³-hybridized carbons (Fsp3) is 0.0526. The summed E-state index contributed by atoms with van der Waals surface area (Å²) in [6.07, 6.45) is 1.80. The Morgan fingerprint density at radius 2 is 1.76 bits per heavy atom. The summed E-state index contributed by atoms with van der Waals surface area (Å²) in [7, 11) is -5.57. The summed E-state index contributed by atoms with van der Waals surface area (Å²) < 4.78 is 49.3. The molecule has 0 saturated heterocycles. The van der Waals surface area contributed by atoms with Crippen molar-refractivity contribution in [2.24, 2.45) is 0 Å². The Balaban J connectivity index is 0.000000253. The van der Waals surface area contributed by atoms with Gasteiger partial charge in [0.25, 0.3) is 5.56 Å². The van der Waals surface area contributed by atoms with Crippen LogP contribution >= 0.6 is 11.6 Å². The number of hydrogen-bond donors (Lipinski definition) is 1. The molecule has 7 nitrogen and oxygen atoms in total. The minimum absolute atomic E-state index is 0.0827. The minimum Gasteiger partial charge on any atom is -0.497 e. The van der Waals surface area contributed by atoms with Crippen molar-refractivity contribution in [2.45, 2.75) is 4.90 Å². The predicted molar refractivity (Wildman–Crippen MR) is 115 cm³/mol. The quantitative estimate of drug-likeness (QED) is 0.608. The number of aromatic amines is 1. The molecule has 10 heteroatoms. The van der Waals surface area contributed by atoms with E-state index in [1.807, 2.05) is 24.3 Å². The lowest BCUT2D eigenvalue weighted by molar-refractivity contribution is 0.415. The van der Waals surface area contributed by atoms with Crippen molar-refractivity contribution in [1.29, 1.82) is 0 Å². The van der Waals surface area contributed by atoms with Gasteiger partial charge in [-0.25, -0.2) is 8.42 Å². The van der Waals surface area contributed by atoms with Crippen LogP contribution in [-0.4, -0.2) is 33.6 Å².